The van der Waals surface area contributed by atoms with Crippen LogP contribution in [0.25, 0.3) is 0 Å². The first-order chi connectivity index (χ1) is 17.9. The summed E-state index contributed by atoms with van der Waals surface area (Å²) in [6, 6.07) is 10.2. The van der Waals surface area contributed by atoms with Gasteiger partial charge in [-0.3, -0.25) is 9.59 Å². The predicted octanol–water partition coefficient (Wildman–Crippen LogP) is 4.51. The lowest BCUT2D eigenvalue weighted by Crippen LogP contribution is -2.54. The lowest BCUT2D eigenvalue weighted by atomic mass is 9.94. The van der Waals surface area contributed by atoms with Crippen LogP contribution in [0.2, 0.25) is 0 Å². The standard InChI is InChI=1S/C29H41N3O6/c1-8-9-17-32(27(35)24(18-33)31-28(36)38-29(4,5)6)25(23-12-10-11-19(2)20(23)3)26(34)30-21-13-15-22(37-7)16-14-21/h10-16,24-25,33H,8-9,17-18H2,1-7H3,(H,30,34)(H,31,36). The third-order valence-electron chi connectivity index (χ3n) is 6.07. The second kappa shape index (κ2) is 13.8. The zero-order chi connectivity index (χ0) is 28.5. The van der Waals surface area contributed by atoms with E-state index in [0.717, 1.165) is 17.5 Å². The van der Waals surface area contributed by atoms with Gasteiger partial charge in [-0.1, -0.05) is 31.5 Å². The Hall–Kier alpha value is -3.59. The van der Waals surface area contributed by atoms with Crippen molar-refractivity contribution < 1.29 is 29.0 Å². The summed E-state index contributed by atoms with van der Waals surface area (Å²) in [6.07, 6.45) is 0.562. The van der Waals surface area contributed by atoms with E-state index in [1.807, 2.05) is 39.0 Å². The van der Waals surface area contributed by atoms with Gasteiger partial charge in [-0.25, -0.2) is 4.79 Å². The van der Waals surface area contributed by atoms with Crippen LogP contribution in [0, 0.1) is 13.8 Å². The van der Waals surface area contributed by atoms with Crippen LogP contribution in [0.4, 0.5) is 10.5 Å². The van der Waals surface area contributed by atoms with Gasteiger partial charge in [0.15, 0.2) is 0 Å². The topological polar surface area (TPSA) is 117 Å². The van der Waals surface area contributed by atoms with E-state index >= 15 is 0 Å². The van der Waals surface area contributed by atoms with Crippen LogP contribution in [0.15, 0.2) is 42.5 Å². The van der Waals surface area contributed by atoms with Crippen molar-refractivity contribution in [1.29, 1.82) is 0 Å². The Kier molecular flexibility index (Phi) is 11.1. The van der Waals surface area contributed by atoms with Crippen molar-refractivity contribution in [2.45, 2.75) is 72.1 Å². The zero-order valence-electron chi connectivity index (χ0n) is 23.5. The van der Waals surface area contributed by atoms with E-state index in [4.69, 9.17) is 9.47 Å². The highest BCUT2D eigenvalue weighted by Crippen LogP contribution is 2.29. The molecular weight excluding hydrogens is 486 g/mol. The number of nitrogens with zero attached hydrogens (tertiary/aromatic N) is 1. The van der Waals surface area contributed by atoms with Gasteiger partial charge >= 0.3 is 6.09 Å². The van der Waals surface area contributed by atoms with Crippen molar-refractivity contribution in [3.63, 3.8) is 0 Å². The fraction of sp³-hybridized carbons (Fsp3) is 0.483. The van der Waals surface area contributed by atoms with E-state index in [9.17, 15) is 19.5 Å². The Bertz CT molecular complexity index is 1090. The number of benzene rings is 2. The number of carbonyl (C=O) groups is 3. The number of anilines is 1. The fourth-order valence-electron chi connectivity index (χ4n) is 3.94. The molecule has 0 aromatic heterocycles. The number of methoxy groups -OCH3 is 1. The largest absolute Gasteiger partial charge is 0.497 e. The van der Waals surface area contributed by atoms with Gasteiger partial charge in [0.25, 0.3) is 5.91 Å². The highest BCUT2D eigenvalue weighted by molar-refractivity contribution is 5.99. The number of hydrogen-bond acceptors (Lipinski definition) is 6. The first-order valence-electron chi connectivity index (χ1n) is 12.8. The summed E-state index contributed by atoms with van der Waals surface area (Å²) in [5, 5.41) is 15.4. The number of carbonyl (C=O) groups excluding carboxylic acids is 3. The molecule has 9 nitrogen and oxygen atoms in total. The normalized spacial score (nSPS) is 12.7. The molecule has 208 valence electrons. The molecule has 0 saturated carbocycles. The van der Waals surface area contributed by atoms with Gasteiger partial charge in [0.2, 0.25) is 5.91 Å². The molecule has 2 aromatic carbocycles. The van der Waals surface area contributed by atoms with Crippen LogP contribution in [-0.4, -0.2) is 59.8 Å². The Morgan fingerprint density at radius 1 is 1.05 bits per heavy atom. The maximum absolute atomic E-state index is 13.9. The monoisotopic (exact) mass is 527 g/mol. The van der Waals surface area contributed by atoms with Gasteiger partial charge in [0.1, 0.15) is 23.4 Å². The second-order valence-electron chi connectivity index (χ2n) is 10.2. The van der Waals surface area contributed by atoms with Crippen LogP contribution in [0.3, 0.4) is 0 Å². The number of unbranched alkanes of at least 4 members (excludes halogenated alkanes) is 1. The van der Waals surface area contributed by atoms with E-state index in [1.54, 1.807) is 52.1 Å². The van der Waals surface area contributed by atoms with Crippen molar-refractivity contribution in [2.24, 2.45) is 0 Å². The number of rotatable bonds is 11. The molecule has 0 aliphatic rings. The molecule has 0 bridgehead atoms. The Balaban J connectivity index is 2.51. The van der Waals surface area contributed by atoms with Crippen LogP contribution in [0.5, 0.6) is 5.75 Å². The summed E-state index contributed by atoms with van der Waals surface area (Å²) in [6.45, 7) is 10.5. The molecule has 2 atom stereocenters. The number of hydrogen-bond donors (Lipinski definition) is 3. The second-order valence-corrected chi connectivity index (χ2v) is 10.2. The summed E-state index contributed by atoms with van der Waals surface area (Å²) < 4.78 is 10.5. The number of amides is 3. The van der Waals surface area contributed by atoms with E-state index in [2.05, 4.69) is 10.6 Å². The molecule has 0 radical (unpaired) electrons. The van der Waals surface area contributed by atoms with Crippen molar-refractivity contribution in [3.05, 3.63) is 59.2 Å². The van der Waals surface area contributed by atoms with E-state index in [1.165, 1.54) is 4.90 Å². The Labute approximate surface area is 225 Å². The van der Waals surface area contributed by atoms with E-state index in [-0.39, 0.29) is 6.54 Å². The van der Waals surface area contributed by atoms with Crippen LogP contribution in [-0.2, 0) is 14.3 Å². The SMILES string of the molecule is CCCCN(C(=O)C(CO)NC(=O)OC(C)(C)C)C(C(=O)Nc1ccc(OC)cc1)c1cccc(C)c1C. The maximum Gasteiger partial charge on any atom is 0.408 e. The van der Waals surface area contributed by atoms with Gasteiger partial charge in [-0.2, -0.15) is 0 Å². The summed E-state index contributed by atoms with van der Waals surface area (Å²) >= 11 is 0. The molecular formula is C29H41N3O6. The average molecular weight is 528 g/mol. The van der Waals surface area contributed by atoms with E-state index in [0.29, 0.717) is 23.4 Å². The highest BCUT2D eigenvalue weighted by atomic mass is 16.6. The average Bonchev–Trinajstić information content (AvgIpc) is 2.86. The summed E-state index contributed by atoms with van der Waals surface area (Å²) in [7, 11) is 1.56. The number of alkyl carbamates (subject to hydrolysis) is 1. The van der Waals surface area contributed by atoms with E-state index < -0.39 is 42.2 Å². The van der Waals surface area contributed by atoms with Crippen molar-refractivity contribution in [1.82, 2.24) is 10.2 Å². The van der Waals surface area contributed by atoms with Gasteiger partial charge in [0.05, 0.1) is 13.7 Å². The molecule has 3 amide bonds. The molecule has 0 saturated heterocycles. The van der Waals surface area contributed by atoms with Crippen LogP contribution >= 0.6 is 0 Å². The molecule has 0 aliphatic heterocycles. The number of nitrogens with one attached hydrogen (secondary N) is 2. The molecule has 2 unspecified atom stereocenters. The summed E-state index contributed by atoms with van der Waals surface area (Å²) in [5.74, 6) is -0.349. The first kappa shape index (κ1) is 30.6. The van der Waals surface area contributed by atoms with Crippen molar-refractivity contribution in [2.75, 3.05) is 25.6 Å². The summed E-state index contributed by atoms with van der Waals surface area (Å²) in [4.78, 5) is 41.5. The van der Waals surface area contributed by atoms with Crippen molar-refractivity contribution in [3.8, 4) is 5.75 Å². The fourth-order valence-corrected chi connectivity index (χ4v) is 3.94. The Morgan fingerprint density at radius 2 is 1.71 bits per heavy atom. The Morgan fingerprint density at radius 3 is 2.26 bits per heavy atom. The molecule has 38 heavy (non-hydrogen) atoms. The summed E-state index contributed by atoms with van der Waals surface area (Å²) in [5.41, 5.74) is 2.26. The molecule has 0 aliphatic carbocycles. The molecule has 2 aromatic rings. The van der Waals surface area contributed by atoms with Gasteiger partial charge in [-0.05, 0) is 82.0 Å². The minimum atomic E-state index is -1.29. The van der Waals surface area contributed by atoms with Gasteiger partial charge in [-0.15, -0.1) is 0 Å². The third kappa shape index (κ3) is 8.48. The minimum absolute atomic E-state index is 0.246. The number of aliphatic hydroxyl groups is 1. The molecule has 2 rings (SSSR count). The maximum atomic E-state index is 13.9. The zero-order valence-corrected chi connectivity index (χ0v) is 23.5. The number of aliphatic hydroxyl groups excluding tert-OH is 1. The van der Waals surface area contributed by atoms with Crippen molar-refractivity contribution >= 4 is 23.6 Å². The molecule has 3 N–H and O–H groups in total. The first-order valence-corrected chi connectivity index (χ1v) is 12.8. The lowest BCUT2D eigenvalue weighted by molar-refractivity contribution is -0.141. The molecule has 0 heterocycles. The lowest BCUT2D eigenvalue weighted by Gasteiger charge is -2.35. The smallest absolute Gasteiger partial charge is 0.408 e. The van der Waals surface area contributed by atoms with Crippen LogP contribution in [0.1, 0.15) is 63.3 Å². The molecule has 0 spiro atoms. The van der Waals surface area contributed by atoms with Gasteiger partial charge < -0.3 is 30.1 Å². The van der Waals surface area contributed by atoms with Gasteiger partial charge in [0, 0.05) is 12.2 Å². The minimum Gasteiger partial charge on any atom is -0.497 e. The number of aryl methyl sites for hydroxylation is 1. The molecule has 0 fully saturated rings. The number of ether oxygens (including phenoxy) is 2. The quantitative estimate of drug-likeness (QED) is 0.396. The van der Waals surface area contributed by atoms with Crippen LogP contribution < -0.4 is 15.4 Å². The third-order valence-corrected chi connectivity index (χ3v) is 6.07. The molecule has 9 heteroatoms. The highest BCUT2D eigenvalue weighted by Gasteiger charge is 2.36. The predicted molar refractivity (Wildman–Crippen MR) is 147 cm³/mol.